The van der Waals surface area contributed by atoms with Crippen molar-refractivity contribution in [3.63, 3.8) is 0 Å². The lowest BCUT2D eigenvalue weighted by atomic mass is 9.43. The number of hydrogen-bond donors (Lipinski definition) is 3. The van der Waals surface area contributed by atoms with Crippen LogP contribution in [0.3, 0.4) is 0 Å². The highest BCUT2D eigenvalue weighted by Gasteiger charge is 2.77. The van der Waals surface area contributed by atoms with E-state index in [0.29, 0.717) is 43.4 Å². The van der Waals surface area contributed by atoms with E-state index in [-0.39, 0.29) is 46.3 Å². The number of rotatable bonds is 1. The largest absolute Gasteiger partial charge is 0.460 e. The molecule has 6 rings (SSSR count). The van der Waals surface area contributed by atoms with E-state index >= 15 is 0 Å². The van der Waals surface area contributed by atoms with Gasteiger partial charge in [-0.3, -0.25) is 4.79 Å². The Hall–Kier alpha value is -0.730. The molecule has 6 aliphatic rings. The summed E-state index contributed by atoms with van der Waals surface area (Å²) in [6.07, 6.45) is 3.63. The summed E-state index contributed by atoms with van der Waals surface area (Å²) in [5.41, 5.74) is -1.98. The predicted molar refractivity (Wildman–Crippen MR) is 136 cm³/mol. The van der Waals surface area contributed by atoms with E-state index in [4.69, 9.17) is 14.2 Å². The summed E-state index contributed by atoms with van der Waals surface area (Å²) in [5, 5.41) is 34.9. The molecule has 4 saturated carbocycles. The van der Waals surface area contributed by atoms with Gasteiger partial charge in [0.1, 0.15) is 11.7 Å². The number of aliphatic hydroxyl groups is 3. The van der Waals surface area contributed by atoms with Gasteiger partial charge < -0.3 is 29.5 Å². The zero-order valence-corrected chi connectivity index (χ0v) is 23.7. The van der Waals surface area contributed by atoms with Gasteiger partial charge in [-0.15, -0.1) is 0 Å². The second-order valence-electron chi connectivity index (χ2n) is 15.1. The van der Waals surface area contributed by atoms with E-state index in [1.807, 2.05) is 6.92 Å². The van der Waals surface area contributed by atoms with E-state index in [1.165, 1.54) is 6.92 Å². The zero-order chi connectivity index (χ0) is 26.9. The van der Waals surface area contributed by atoms with Gasteiger partial charge in [-0.2, -0.15) is 0 Å². The van der Waals surface area contributed by atoms with Crippen molar-refractivity contribution in [1.29, 1.82) is 0 Å². The monoisotopic (exact) mass is 520 g/mol. The molecule has 2 saturated heterocycles. The van der Waals surface area contributed by atoms with Crippen LogP contribution in [0.15, 0.2) is 0 Å². The minimum atomic E-state index is -1.15. The van der Waals surface area contributed by atoms with E-state index < -0.39 is 29.7 Å². The van der Waals surface area contributed by atoms with Crippen LogP contribution in [0.1, 0.15) is 93.4 Å². The molecule has 210 valence electrons. The molecule has 7 nitrogen and oxygen atoms in total. The molecule has 14 atom stereocenters. The highest BCUT2D eigenvalue weighted by Crippen LogP contribution is 2.72. The number of carbonyl (C=O) groups is 1. The van der Waals surface area contributed by atoms with Crippen molar-refractivity contribution < 1.29 is 34.3 Å². The summed E-state index contributed by atoms with van der Waals surface area (Å²) in [5.74, 6) is -0.172. The third-order valence-corrected chi connectivity index (χ3v) is 12.8. The van der Waals surface area contributed by atoms with Gasteiger partial charge in [0, 0.05) is 19.3 Å². The second-order valence-corrected chi connectivity index (χ2v) is 15.1. The molecule has 0 aromatic rings. The van der Waals surface area contributed by atoms with Gasteiger partial charge in [-0.1, -0.05) is 20.8 Å². The Morgan fingerprint density at radius 2 is 1.65 bits per heavy atom. The highest BCUT2D eigenvalue weighted by atomic mass is 16.7. The van der Waals surface area contributed by atoms with Crippen LogP contribution in [0, 0.1) is 46.3 Å². The van der Waals surface area contributed by atoms with Gasteiger partial charge >= 0.3 is 5.97 Å². The molecule has 1 spiro atoms. The average Bonchev–Trinajstić information content (AvgIpc) is 3.26. The van der Waals surface area contributed by atoms with Crippen LogP contribution in [-0.4, -0.2) is 62.7 Å². The van der Waals surface area contributed by atoms with Crippen molar-refractivity contribution in [2.24, 2.45) is 46.3 Å². The molecule has 7 heteroatoms. The molecule has 0 aromatic heterocycles. The summed E-state index contributed by atoms with van der Waals surface area (Å²) in [6, 6.07) is 0. The van der Waals surface area contributed by atoms with Crippen LogP contribution >= 0.6 is 0 Å². The summed E-state index contributed by atoms with van der Waals surface area (Å²) in [4.78, 5) is 11.8. The Balaban J connectivity index is 1.31. The lowest BCUT2D eigenvalue weighted by Gasteiger charge is -2.63. The molecule has 0 amide bonds. The van der Waals surface area contributed by atoms with Crippen LogP contribution in [0.25, 0.3) is 0 Å². The SMILES string of the molecule is CC(=O)O[C@@H]1C[C@@]2(C)[C@@H](CC[C@@H]3[C@@H]2[C@@H](O)C[C@@]2(C)[C@H]3C[C@@H]3O[C@]4(C[C@H](C)C(C)(C)O4)[C@](C)(O)[C@@H]32)C[C@@H]1O. The summed E-state index contributed by atoms with van der Waals surface area (Å²) < 4.78 is 18.9. The molecule has 37 heavy (non-hydrogen) atoms. The van der Waals surface area contributed by atoms with Crippen LogP contribution in [0.5, 0.6) is 0 Å². The predicted octanol–water partition coefficient (Wildman–Crippen LogP) is 3.81. The lowest BCUT2D eigenvalue weighted by molar-refractivity contribution is -0.300. The van der Waals surface area contributed by atoms with Crippen molar-refractivity contribution in [3.05, 3.63) is 0 Å². The lowest BCUT2D eigenvalue weighted by Crippen LogP contribution is -2.63. The quantitative estimate of drug-likeness (QED) is 0.452. The first-order chi connectivity index (χ1) is 17.1. The highest BCUT2D eigenvalue weighted by molar-refractivity contribution is 5.66. The topological polar surface area (TPSA) is 105 Å². The van der Waals surface area contributed by atoms with Gasteiger partial charge in [-0.05, 0) is 99.7 Å². The molecule has 0 bridgehead atoms. The van der Waals surface area contributed by atoms with Gasteiger partial charge in [-0.25, -0.2) is 0 Å². The fraction of sp³-hybridized carbons (Fsp3) is 0.967. The van der Waals surface area contributed by atoms with Gasteiger partial charge in [0.05, 0.1) is 23.9 Å². The number of hydrogen-bond acceptors (Lipinski definition) is 7. The molecule has 3 N–H and O–H groups in total. The van der Waals surface area contributed by atoms with Gasteiger partial charge in [0.15, 0.2) is 5.79 Å². The number of ether oxygens (including phenoxy) is 3. The maximum Gasteiger partial charge on any atom is 0.302 e. The fourth-order valence-electron chi connectivity index (χ4n) is 11.0. The van der Waals surface area contributed by atoms with Crippen LogP contribution in [-0.2, 0) is 19.0 Å². The Morgan fingerprint density at radius 3 is 2.27 bits per heavy atom. The molecular formula is C30H48O7. The third-order valence-electron chi connectivity index (χ3n) is 12.8. The summed E-state index contributed by atoms with van der Waals surface area (Å²) in [7, 11) is 0. The molecule has 2 aliphatic heterocycles. The first-order valence-corrected chi connectivity index (χ1v) is 14.7. The molecule has 2 heterocycles. The van der Waals surface area contributed by atoms with Crippen molar-refractivity contribution in [2.45, 2.75) is 135 Å². The molecule has 0 aromatic carbocycles. The number of carbonyl (C=O) groups excluding carboxylic acids is 1. The van der Waals surface area contributed by atoms with Crippen molar-refractivity contribution in [1.82, 2.24) is 0 Å². The van der Waals surface area contributed by atoms with E-state index in [2.05, 4.69) is 34.6 Å². The third kappa shape index (κ3) is 3.39. The van der Waals surface area contributed by atoms with E-state index in [1.54, 1.807) is 0 Å². The molecule has 4 aliphatic carbocycles. The van der Waals surface area contributed by atoms with Crippen LogP contribution < -0.4 is 0 Å². The summed E-state index contributed by atoms with van der Waals surface area (Å²) in [6.45, 7) is 14.2. The molecule has 6 fully saturated rings. The first-order valence-electron chi connectivity index (χ1n) is 14.7. The minimum Gasteiger partial charge on any atom is -0.460 e. The van der Waals surface area contributed by atoms with Crippen molar-refractivity contribution >= 4 is 5.97 Å². The fourth-order valence-corrected chi connectivity index (χ4v) is 11.0. The smallest absolute Gasteiger partial charge is 0.302 e. The van der Waals surface area contributed by atoms with Crippen molar-refractivity contribution in [2.75, 3.05) is 0 Å². The normalized spacial score (nSPS) is 59.9. The molecule has 0 radical (unpaired) electrons. The molecule has 0 unspecified atom stereocenters. The van der Waals surface area contributed by atoms with E-state index in [0.717, 1.165) is 19.3 Å². The standard InChI is InChI=1S/C30H48O7/c1-15-12-30(37-26(15,3)4)29(7,34)25-22(36-30)11-19-18-9-8-17-10-20(32)23(35-16(2)31)14-27(17,5)24(18)21(33)13-28(19,25)6/h15,17-25,32-34H,8-14H2,1-7H3/t15-,17-,18-,19-,20-,21-,22-,23+,24+,25-,27-,28-,29+,30-/m0/s1. The average molecular weight is 521 g/mol. The Kier molecular flexibility index (Phi) is 5.68. The first kappa shape index (κ1) is 26.5. The van der Waals surface area contributed by atoms with Crippen molar-refractivity contribution in [3.8, 4) is 0 Å². The maximum absolute atomic E-state index is 12.2. The van der Waals surface area contributed by atoms with E-state index in [9.17, 15) is 20.1 Å². The van der Waals surface area contributed by atoms with Gasteiger partial charge in [0.2, 0.25) is 0 Å². The molecular weight excluding hydrogens is 472 g/mol. The number of fused-ring (bicyclic) bond motifs is 7. The number of aliphatic hydroxyl groups excluding tert-OH is 2. The van der Waals surface area contributed by atoms with Gasteiger partial charge in [0.25, 0.3) is 0 Å². The Labute approximate surface area is 221 Å². The Bertz CT molecular complexity index is 964. The van der Waals surface area contributed by atoms with Crippen LogP contribution in [0.2, 0.25) is 0 Å². The zero-order valence-electron chi connectivity index (χ0n) is 23.7. The second kappa shape index (κ2) is 7.93. The number of esters is 1. The maximum atomic E-state index is 12.2. The minimum absolute atomic E-state index is 0.0781. The Morgan fingerprint density at radius 1 is 0.946 bits per heavy atom. The summed E-state index contributed by atoms with van der Waals surface area (Å²) >= 11 is 0. The van der Waals surface area contributed by atoms with Crippen LogP contribution in [0.4, 0.5) is 0 Å².